The molecule has 0 aliphatic heterocycles. The summed E-state index contributed by atoms with van der Waals surface area (Å²) in [6.45, 7) is 0. The van der Waals surface area contributed by atoms with Gasteiger partial charge in [-0.25, -0.2) is 0 Å². The van der Waals surface area contributed by atoms with E-state index in [4.69, 9.17) is 11.6 Å². The number of rotatable bonds is 2. The molecule has 0 spiro atoms. The van der Waals surface area contributed by atoms with Gasteiger partial charge in [-0.2, -0.15) is 0 Å². The molecule has 0 amide bonds. The second-order valence-electron chi connectivity index (χ2n) is 3.21. The van der Waals surface area contributed by atoms with E-state index in [1.165, 1.54) is 22.8 Å². The number of hydrogen-bond acceptors (Lipinski definition) is 3. The van der Waals surface area contributed by atoms with Gasteiger partial charge >= 0.3 is 0 Å². The van der Waals surface area contributed by atoms with E-state index in [1.54, 1.807) is 12.3 Å². The lowest BCUT2D eigenvalue weighted by Gasteiger charge is -2.00. The van der Waals surface area contributed by atoms with Gasteiger partial charge < -0.3 is 0 Å². The molecule has 0 saturated carbocycles. The minimum atomic E-state index is -0.472. The van der Waals surface area contributed by atoms with Crippen LogP contribution in [0.3, 0.4) is 0 Å². The lowest BCUT2D eigenvalue weighted by molar-refractivity contribution is -0.384. The summed E-state index contributed by atoms with van der Waals surface area (Å²) in [6.07, 6.45) is 1.55. The maximum absolute atomic E-state index is 11.4. The molecule has 82 valence electrons. The highest BCUT2D eigenvalue weighted by Gasteiger charge is 2.11. The van der Waals surface area contributed by atoms with Gasteiger partial charge in [-0.1, -0.05) is 0 Å². The van der Waals surface area contributed by atoms with E-state index in [1.807, 2.05) is 0 Å². The number of carbonyl (C=O) groups is 1. The van der Waals surface area contributed by atoms with Crippen molar-refractivity contribution in [1.82, 2.24) is 4.57 Å². The van der Waals surface area contributed by atoms with Crippen LogP contribution in [-0.4, -0.2) is 21.3 Å². The van der Waals surface area contributed by atoms with Crippen molar-refractivity contribution in [1.29, 1.82) is 0 Å². The number of halogens is 1. The topological polar surface area (TPSA) is 65.1 Å². The summed E-state index contributed by atoms with van der Waals surface area (Å²) in [5.74, 6) is -0.383. The van der Waals surface area contributed by atoms with Crippen LogP contribution in [0.5, 0.6) is 0 Å². The third-order valence-corrected chi connectivity index (χ3v) is 2.50. The molecule has 0 aliphatic rings. The number of nitro groups is 1. The molecular weight excluding hydrogens is 232 g/mol. The minimum absolute atomic E-state index is 0.00331. The number of nitro benzene ring substituents is 1. The second-order valence-corrected chi connectivity index (χ2v) is 3.48. The van der Waals surface area contributed by atoms with Crippen LogP contribution in [0.4, 0.5) is 5.69 Å². The van der Waals surface area contributed by atoms with Crippen molar-refractivity contribution in [2.75, 3.05) is 5.88 Å². The number of carbonyl (C=O) groups excluding carboxylic acids is 1. The maximum atomic E-state index is 11.4. The lowest BCUT2D eigenvalue weighted by Crippen LogP contribution is -2.09. The first-order valence-electron chi connectivity index (χ1n) is 4.48. The van der Waals surface area contributed by atoms with E-state index in [2.05, 4.69) is 0 Å². The second kappa shape index (κ2) is 3.94. The van der Waals surface area contributed by atoms with Crippen LogP contribution in [0.1, 0.15) is 4.79 Å². The Balaban J connectivity index is 2.59. The Labute approximate surface area is 95.4 Å². The van der Waals surface area contributed by atoms with Crippen LogP contribution in [0.25, 0.3) is 10.9 Å². The van der Waals surface area contributed by atoms with Crippen molar-refractivity contribution < 1.29 is 9.72 Å². The molecule has 2 aromatic rings. The normalized spacial score (nSPS) is 10.6. The Morgan fingerprint density at radius 2 is 2.19 bits per heavy atom. The van der Waals surface area contributed by atoms with Gasteiger partial charge in [0, 0.05) is 23.7 Å². The van der Waals surface area contributed by atoms with E-state index in [0.29, 0.717) is 10.9 Å². The fraction of sp³-hybridized carbons (Fsp3) is 0.100. The number of nitrogens with zero attached hydrogens (tertiary/aromatic N) is 2. The Kier molecular flexibility index (Phi) is 2.62. The average molecular weight is 239 g/mol. The van der Waals surface area contributed by atoms with E-state index < -0.39 is 4.92 Å². The maximum Gasteiger partial charge on any atom is 0.270 e. The molecule has 0 unspecified atom stereocenters. The van der Waals surface area contributed by atoms with Crippen molar-refractivity contribution in [3.63, 3.8) is 0 Å². The largest absolute Gasteiger partial charge is 0.286 e. The molecule has 1 aromatic heterocycles. The molecule has 1 heterocycles. The molecule has 2 rings (SSSR count). The molecule has 0 saturated heterocycles. The highest BCUT2D eigenvalue weighted by atomic mass is 35.5. The summed E-state index contributed by atoms with van der Waals surface area (Å²) >= 11 is 5.45. The summed E-state index contributed by atoms with van der Waals surface area (Å²) in [4.78, 5) is 21.5. The fourth-order valence-electron chi connectivity index (χ4n) is 1.53. The summed E-state index contributed by atoms with van der Waals surface area (Å²) in [5.41, 5.74) is 0.625. The van der Waals surface area contributed by atoms with Crippen molar-refractivity contribution in [3.8, 4) is 0 Å². The molecule has 16 heavy (non-hydrogen) atoms. The van der Waals surface area contributed by atoms with Gasteiger partial charge in [-0.3, -0.25) is 19.5 Å². The Hall–Kier alpha value is -1.88. The number of aromatic nitrogens is 1. The number of non-ortho nitro benzene ring substituents is 1. The first-order valence-corrected chi connectivity index (χ1v) is 5.01. The van der Waals surface area contributed by atoms with E-state index in [9.17, 15) is 14.9 Å². The fourth-order valence-corrected chi connectivity index (χ4v) is 1.65. The average Bonchev–Trinajstić information content (AvgIpc) is 2.70. The number of fused-ring (bicyclic) bond motifs is 1. The highest BCUT2D eigenvalue weighted by molar-refractivity contribution is 6.28. The van der Waals surface area contributed by atoms with Gasteiger partial charge in [0.1, 0.15) is 5.88 Å². The van der Waals surface area contributed by atoms with Gasteiger partial charge in [0.25, 0.3) is 5.69 Å². The molecule has 6 heteroatoms. The first-order chi connectivity index (χ1) is 7.63. The third-order valence-electron chi connectivity index (χ3n) is 2.27. The van der Waals surface area contributed by atoms with Crippen LogP contribution in [0, 0.1) is 10.1 Å². The molecule has 5 nitrogen and oxygen atoms in total. The molecule has 0 fully saturated rings. The quantitative estimate of drug-likeness (QED) is 0.458. The third kappa shape index (κ3) is 1.65. The highest BCUT2D eigenvalue weighted by Crippen LogP contribution is 2.21. The summed E-state index contributed by atoms with van der Waals surface area (Å²) < 4.78 is 1.38. The van der Waals surface area contributed by atoms with Crippen LogP contribution >= 0.6 is 11.6 Å². The summed E-state index contributed by atoms with van der Waals surface area (Å²) in [6, 6.07) is 5.97. The number of benzene rings is 1. The zero-order valence-electron chi connectivity index (χ0n) is 8.09. The monoisotopic (exact) mass is 238 g/mol. The zero-order valence-corrected chi connectivity index (χ0v) is 8.85. The van der Waals surface area contributed by atoms with Crippen LogP contribution in [-0.2, 0) is 0 Å². The SMILES string of the molecule is O=C(CCl)n1ccc2cc([N+](=O)[O-])ccc21. The molecule has 0 aliphatic carbocycles. The van der Waals surface area contributed by atoms with Crippen molar-refractivity contribution in [3.05, 3.63) is 40.6 Å². The Morgan fingerprint density at radius 3 is 2.81 bits per heavy atom. The van der Waals surface area contributed by atoms with E-state index >= 15 is 0 Å². The molecule has 0 atom stereocenters. The predicted molar refractivity (Wildman–Crippen MR) is 59.9 cm³/mol. The summed E-state index contributed by atoms with van der Waals surface area (Å²) in [7, 11) is 0. The predicted octanol–water partition coefficient (Wildman–Crippen LogP) is 2.43. The molecule has 1 aromatic carbocycles. The van der Waals surface area contributed by atoms with Gasteiger partial charge in [-0.05, 0) is 12.1 Å². The van der Waals surface area contributed by atoms with Crippen LogP contribution < -0.4 is 0 Å². The lowest BCUT2D eigenvalue weighted by atomic mass is 10.2. The zero-order chi connectivity index (χ0) is 11.7. The van der Waals surface area contributed by atoms with Gasteiger partial charge in [-0.15, -0.1) is 11.6 Å². The van der Waals surface area contributed by atoms with Crippen molar-refractivity contribution >= 4 is 34.1 Å². The van der Waals surface area contributed by atoms with Crippen molar-refractivity contribution in [2.45, 2.75) is 0 Å². The summed E-state index contributed by atoms with van der Waals surface area (Å²) in [5, 5.41) is 11.2. The molecule has 0 bridgehead atoms. The molecule has 0 N–H and O–H groups in total. The van der Waals surface area contributed by atoms with Crippen LogP contribution in [0.2, 0.25) is 0 Å². The Morgan fingerprint density at radius 1 is 1.44 bits per heavy atom. The van der Waals surface area contributed by atoms with Gasteiger partial charge in [0.15, 0.2) is 0 Å². The van der Waals surface area contributed by atoms with Crippen molar-refractivity contribution in [2.24, 2.45) is 0 Å². The van der Waals surface area contributed by atoms with E-state index in [0.717, 1.165) is 0 Å². The Bertz CT molecular complexity index is 576. The standard InChI is InChI=1S/C10H7ClN2O3/c11-6-10(14)12-4-3-7-5-8(13(15)16)1-2-9(7)12/h1-5H,6H2. The number of hydrogen-bond donors (Lipinski definition) is 0. The van der Waals surface area contributed by atoms with E-state index in [-0.39, 0.29) is 17.5 Å². The smallest absolute Gasteiger partial charge is 0.270 e. The molecule has 0 radical (unpaired) electrons. The minimum Gasteiger partial charge on any atom is -0.286 e. The van der Waals surface area contributed by atoms with Crippen LogP contribution in [0.15, 0.2) is 30.5 Å². The first kappa shape index (κ1) is 10.6. The van der Waals surface area contributed by atoms with Gasteiger partial charge in [0.05, 0.1) is 10.4 Å². The number of alkyl halides is 1. The molecular formula is C10H7ClN2O3. The van der Waals surface area contributed by atoms with Gasteiger partial charge in [0.2, 0.25) is 5.91 Å².